The number of carbonyl (C=O) groups excluding carboxylic acids is 2. The first-order valence-corrected chi connectivity index (χ1v) is 6.51. The number of rotatable bonds is 11. The highest BCUT2D eigenvalue weighted by Crippen LogP contribution is 2.08. The number of nitrogens with two attached hydrogens (primary N) is 1. The number of carboxylic acids is 1. The van der Waals surface area contributed by atoms with E-state index >= 15 is 0 Å². The lowest BCUT2D eigenvalue weighted by atomic mass is 10.0. The summed E-state index contributed by atoms with van der Waals surface area (Å²) < 4.78 is 4.87. The zero-order valence-corrected chi connectivity index (χ0v) is 11.7. The third kappa shape index (κ3) is 12.6. The van der Waals surface area contributed by atoms with Gasteiger partial charge in [0.1, 0.15) is 6.61 Å². The van der Waals surface area contributed by atoms with Gasteiger partial charge >= 0.3 is 12.0 Å². The van der Waals surface area contributed by atoms with E-state index in [0.29, 0.717) is 13.0 Å². The van der Waals surface area contributed by atoms with E-state index in [0.717, 1.165) is 6.42 Å². The number of primary amides is 1. The number of amides is 3. The molecule has 5 N–H and O–H groups in total. The number of aliphatic carboxylic acids is 1. The third-order valence-corrected chi connectivity index (χ3v) is 2.55. The lowest BCUT2D eigenvalue weighted by Crippen LogP contribution is -2.38. The van der Waals surface area contributed by atoms with Crippen LogP contribution in [0.25, 0.3) is 0 Å². The fourth-order valence-electron chi connectivity index (χ4n) is 1.42. The quantitative estimate of drug-likeness (QED) is 0.387. The molecule has 0 saturated heterocycles. The molecule has 3 amide bonds. The van der Waals surface area contributed by atoms with Crippen molar-refractivity contribution in [2.75, 3.05) is 26.3 Å². The Balaban J connectivity index is 3.44. The maximum atomic E-state index is 11.3. The van der Waals surface area contributed by atoms with Gasteiger partial charge in [-0.25, -0.2) is 4.79 Å². The maximum Gasteiger partial charge on any atom is 0.314 e. The van der Waals surface area contributed by atoms with Crippen LogP contribution in [0.5, 0.6) is 0 Å². The Bertz CT molecular complexity index is 322. The number of carboxylic acid groups (broad SMARTS) is 1. The molecule has 1 atom stereocenters. The van der Waals surface area contributed by atoms with Crippen molar-refractivity contribution in [3.8, 4) is 0 Å². The summed E-state index contributed by atoms with van der Waals surface area (Å²) in [5.74, 6) is -1.12. The molecule has 0 spiro atoms. The second kappa shape index (κ2) is 11.0. The zero-order valence-electron chi connectivity index (χ0n) is 11.7. The highest BCUT2D eigenvalue weighted by molar-refractivity contribution is 5.75. The van der Waals surface area contributed by atoms with Crippen LogP contribution in [0, 0.1) is 5.92 Å². The molecule has 0 aromatic rings. The predicted octanol–water partition coefficient (Wildman–Crippen LogP) is -0.321. The first-order valence-electron chi connectivity index (χ1n) is 6.51. The zero-order chi connectivity index (χ0) is 15.4. The summed E-state index contributed by atoms with van der Waals surface area (Å²) in [4.78, 5) is 32.1. The van der Waals surface area contributed by atoms with Crippen molar-refractivity contribution in [2.45, 2.75) is 26.2 Å². The van der Waals surface area contributed by atoms with Crippen LogP contribution in [0.1, 0.15) is 26.2 Å². The summed E-state index contributed by atoms with van der Waals surface area (Å²) in [6, 6.07) is -0.321. The van der Waals surface area contributed by atoms with Gasteiger partial charge in [0.2, 0.25) is 5.91 Å². The van der Waals surface area contributed by atoms with Crippen molar-refractivity contribution in [3.05, 3.63) is 0 Å². The van der Waals surface area contributed by atoms with E-state index in [-0.39, 0.29) is 38.1 Å². The van der Waals surface area contributed by atoms with E-state index in [4.69, 9.17) is 15.6 Å². The van der Waals surface area contributed by atoms with E-state index in [9.17, 15) is 14.4 Å². The molecule has 0 aliphatic heterocycles. The fourth-order valence-corrected chi connectivity index (χ4v) is 1.42. The van der Waals surface area contributed by atoms with Gasteiger partial charge in [-0.3, -0.25) is 9.59 Å². The predicted molar refractivity (Wildman–Crippen MR) is 72.1 cm³/mol. The summed E-state index contributed by atoms with van der Waals surface area (Å²) in [6.45, 7) is 2.76. The van der Waals surface area contributed by atoms with Gasteiger partial charge in [0.25, 0.3) is 0 Å². The number of hydrogen-bond acceptors (Lipinski definition) is 4. The van der Waals surface area contributed by atoms with Gasteiger partial charge in [-0.1, -0.05) is 6.92 Å². The van der Waals surface area contributed by atoms with E-state index < -0.39 is 11.9 Å². The van der Waals surface area contributed by atoms with Gasteiger partial charge in [0.15, 0.2) is 0 Å². The van der Waals surface area contributed by atoms with Crippen LogP contribution in [0.3, 0.4) is 0 Å². The smallest absolute Gasteiger partial charge is 0.314 e. The third-order valence-electron chi connectivity index (χ3n) is 2.55. The van der Waals surface area contributed by atoms with Crippen molar-refractivity contribution < 1.29 is 24.2 Å². The Kier molecular flexibility index (Phi) is 10.0. The summed E-state index contributed by atoms with van der Waals surface area (Å²) in [5.41, 5.74) is 4.87. The topological polar surface area (TPSA) is 131 Å². The first-order chi connectivity index (χ1) is 9.41. The fraction of sp³-hybridized carbons (Fsp3) is 0.750. The molecule has 8 nitrogen and oxygen atoms in total. The minimum Gasteiger partial charge on any atom is -0.481 e. The molecular formula is C12H23N3O5. The monoisotopic (exact) mass is 289 g/mol. The molecule has 8 heteroatoms. The van der Waals surface area contributed by atoms with Crippen LogP contribution >= 0.6 is 0 Å². The van der Waals surface area contributed by atoms with Gasteiger partial charge in [0, 0.05) is 19.5 Å². The molecule has 0 aliphatic rings. The van der Waals surface area contributed by atoms with Crippen LogP contribution in [0.4, 0.5) is 4.79 Å². The van der Waals surface area contributed by atoms with E-state index in [2.05, 4.69) is 10.6 Å². The lowest BCUT2D eigenvalue weighted by Gasteiger charge is -2.11. The normalized spacial score (nSPS) is 11.7. The Morgan fingerprint density at radius 3 is 2.45 bits per heavy atom. The molecule has 1 unspecified atom stereocenters. The van der Waals surface area contributed by atoms with Crippen molar-refractivity contribution in [1.29, 1.82) is 0 Å². The van der Waals surface area contributed by atoms with Gasteiger partial charge in [-0.05, 0) is 18.8 Å². The molecule has 116 valence electrons. The van der Waals surface area contributed by atoms with Crippen molar-refractivity contribution in [2.24, 2.45) is 11.7 Å². The number of urea groups is 1. The van der Waals surface area contributed by atoms with Crippen LogP contribution in [0.15, 0.2) is 0 Å². The molecule has 0 aromatic heterocycles. The molecule has 0 aliphatic carbocycles. The summed E-state index contributed by atoms with van der Waals surface area (Å²) in [7, 11) is 0. The van der Waals surface area contributed by atoms with Crippen LogP contribution in [0.2, 0.25) is 0 Å². The number of hydrogen-bond donors (Lipinski definition) is 4. The first kappa shape index (κ1) is 18.2. The number of carbonyl (C=O) groups is 3. The molecular weight excluding hydrogens is 266 g/mol. The molecule has 0 heterocycles. The highest BCUT2D eigenvalue weighted by atomic mass is 16.5. The van der Waals surface area contributed by atoms with Gasteiger partial charge in [-0.15, -0.1) is 0 Å². The molecule has 20 heavy (non-hydrogen) atoms. The minimum absolute atomic E-state index is 0.143. The number of ether oxygens (including phenoxy) is 1. The van der Waals surface area contributed by atoms with Crippen LogP contribution < -0.4 is 16.4 Å². The minimum atomic E-state index is -0.807. The SMILES string of the molecule is CC(CCNC(=O)NCCOCC(N)=O)CCC(=O)O. The molecule has 0 bridgehead atoms. The standard InChI is InChI=1S/C12H23N3O5/c1-9(2-3-11(17)18)4-5-14-12(19)15-6-7-20-8-10(13)16/h9H,2-8H2,1H3,(H2,13,16)(H,17,18)(H2,14,15,19). The van der Waals surface area contributed by atoms with Gasteiger partial charge in [-0.2, -0.15) is 0 Å². The average molecular weight is 289 g/mol. The maximum absolute atomic E-state index is 11.3. The Morgan fingerprint density at radius 2 is 1.85 bits per heavy atom. The van der Waals surface area contributed by atoms with Gasteiger partial charge in [0.05, 0.1) is 6.61 Å². The summed E-state index contributed by atoms with van der Waals surface area (Å²) >= 11 is 0. The molecule has 0 saturated carbocycles. The summed E-state index contributed by atoms with van der Waals surface area (Å²) in [5, 5.41) is 13.7. The average Bonchev–Trinajstić information content (AvgIpc) is 2.35. The Labute approximate surface area is 118 Å². The van der Waals surface area contributed by atoms with Crippen molar-refractivity contribution >= 4 is 17.9 Å². The summed E-state index contributed by atoms with van der Waals surface area (Å²) in [6.07, 6.45) is 1.46. The Morgan fingerprint density at radius 1 is 1.20 bits per heavy atom. The lowest BCUT2D eigenvalue weighted by molar-refractivity contribution is -0.137. The molecule has 0 radical (unpaired) electrons. The van der Waals surface area contributed by atoms with E-state index in [1.807, 2.05) is 6.92 Å². The Hall–Kier alpha value is -1.83. The second-order valence-corrected chi connectivity index (χ2v) is 4.53. The van der Waals surface area contributed by atoms with Crippen LogP contribution in [-0.2, 0) is 14.3 Å². The van der Waals surface area contributed by atoms with Crippen molar-refractivity contribution in [1.82, 2.24) is 10.6 Å². The van der Waals surface area contributed by atoms with E-state index in [1.165, 1.54) is 0 Å². The molecule has 0 fully saturated rings. The van der Waals surface area contributed by atoms with Gasteiger partial charge < -0.3 is 26.2 Å². The molecule has 0 aromatic carbocycles. The second-order valence-electron chi connectivity index (χ2n) is 4.53. The highest BCUT2D eigenvalue weighted by Gasteiger charge is 2.06. The van der Waals surface area contributed by atoms with E-state index in [1.54, 1.807) is 0 Å². The molecule has 0 rings (SSSR count). The largest absolute Gasteiger partial charge is 0.481 e. The van der Waals surface area contributed by atoms with Crippen LogP contribution in [-0.4, -0.2) is 49.3 Å². The van der Waals surface area contributed by atoms with Crippen molar-refractivity contribution in [3.63, 3.8) is 0 Å². The number of nitrogens with one attached hydrogen (secondary N) is 2.